The Morgan fingerprint density at radius 2 is 0.480 bits per heavy atom. The van der Waals surface area contributed by atoms with Crippen LogP contribution in [0.1, 0.15) is 20.8 Å². The number of hydrogen-bond acceptors (Lipinski definition) is 13. The molecule has 0 aliphatic rings. The van der Waals surface area contributed by atoms with E-state index in [4.69, 9.17) is 52.1 Å². The second-order valence-electron chi connectivity index (χ2n) is 24.4. The third-order valence-electron chi connectivity index (χ3n) is 18.2. The van der Waals surface area contributed by atoms with Crippen molar-refractivity contribution in [1.82, 2.24) is 13.7 Å². The van der Waals surface area contributed by atoms with Crippen LogP contribution in [0, 0.1) is 0 Å². The first-order valence-electron chi connectivity index (χ1n) is 35.1. The van der Waals surface area contributed by atoms with Gasteiger partial charge in [-0.3, -0.25) is 0 Å². The molecule has 0 saturated carbocycles. The van der Waals surface area contributed by atoms with Crippen molar-refractivity contribution in [1.29, 1.82) is 0 Å². The summed E-state index contributed by atoms with van der Waals surface area (Å²) in [5, 5.41) is 6.59. The molecule has 0 atom stereocenters. The summed E-state index contributed by atoms with van der Waals surface area (Å²) in [5.41, 5.74) is 15.3. The standard InChI is InChI=1S/C86H85N5O11/c1-6-94-45-48-97-51-54-100-72-35-21-63(22-36-72)89-81-15-11-9-13-75(81)77-57-67(28-41-83(77)89)88(68-29-42-84-78(58-68)76-14-10-12-16-82(76)90(84)64-23-37-73(38-24-64)101-55-52-98-49-46-95-7-2)69-30-44-86-80(60-69)79-59-66(87(61-17-31-70(92-4)32-18-61)62-19-33-71(93-5)34-20-62)27-43-85(79)91(86)65-25-39-74(40-26-65)102-56-53-99-50-47-96-8-3/h9-44,57-60H,6-8,45-56H2,1-5H3. The topological polar surface area (TPSA) is 123 Å². The summed E-state index contributed by atoms with van der Waals surface area (Å²) in [6, 6.07) is 86.1. The molecule has 0 aliphatic carbocycles. The Bertz CT molecular complexity index is 4860. The van der Waals surface area contributed by atoms with E-state index in [0.29, 0.717) is 99.1 Å². The highest BCUT2D eigenvalue weighted by atomic mass is 16.6. The van der Waals surface area contributed by atoms with Crippen molar-refractivity contribution < 1.29 is 52.1 Å². The van der Waals surface area contributed by atoms with Crippen LogP contribution in [0.3, 0.4) is 0 Å². The molecule has 3 aromatic heterocycles. The minimum absolute atomic E-state index is 0.417. The number of para-hydroxylation sites is 2. The van der Waals surface area contributed by atoms with Crippen molar-refractivity contribution >= 4 is 99.5 Å². The predicted octanol–water partition coefficient (Wildman–Crippen LogP) is 19.2. The average molecular weight is 1360 g/mol. The number of methoxy groups -OCH3 is 2. The van der Waals surface area contributed by atoms with Gasteiger partial charge >= 0.3 is 0 Å². The van der Waals surface area contributed by atoms with Crippen molar-refractivity contribution in [3.05, 3.63) is 243 Å². The fourth-order valence-electron chi connectivity index (χ4n) is 13.5. The molecule has 0 unspecified atom stereocenters. The molecule has 0 amide bonds. The maximum absolute atomic E-state index is 6.22. The van der Waals surface area contributed by atoms with Crippen molar-refractivity contribution in [2.75, 3.05) is 123 Å². The average Bonchev–Trinajstić information content (AvgIpc) is 1.58. The Morgan fingerprint density at radius 1 is 0.235 bits per heavy atom. The van der Waals surface area contributed by atoms with Gasteiger partial charge in [-0.1, -0.05) is 36.4 Å². The monoisotopic (exact) mass is 1360 g/mol. The van der Waals surface area contributed by atoms with Gasteiger partial charge in [0.2, 0.25) is 0 Å². The second-order valence-corrected chi connectivity index (χ2v) is 24.4. The molecule has 0 spiro atoms. The first-order valence-corrected chi connectivity index (χ1v) is 35.1. The van der Waals surface area contributed by atoms with Crippen LogP contribution in [-0.4, -0.2) is 127 Å². The zero-order valence-electron chi connectivity index (χ0n) is 58.4. The van der Waals surface area contributed by atoms with E-state index in [-0.39, 0.29) is 0 Å². The molecular formula is C86H85N5O11. The number of anilines is 6. The number of hydrogen-bond donors (Lipinski definition) is 0. The van der Waals surface area contributed by atoms with Gasteiger partial charge in [-0.2, -0.15) is 0 Å². The molecule has 0 bridgehead atoms. The van der Waals surface area contributed by atoms with Gasteiger partial charge < -0.3 is 75.6 Å². The summed E-state index contributed by atoms with van der Waals surface area (Å²) in [6.07, 6.45) is 0. The predicted molar refractivity (Wildman–Crippen MR) is 410 cm³/mol. The zero-order chi connectivity index (χ0) is 69.6. The molecular weight excluding hydrogens is 1280 g/mol. The Kier molecular flexibility index (Phi) is 21.9. The number of fused-ring (bicyclic) bond motifs is 9. The van der Waals surface area contributed by atoms with Crippen LogP contribution in [0.15, 0.2) is 243 Å². The lowest BCUT2D eigenvalue weighted by atomic mass is 10.1. The Balaban J connectivity index is 0.912. The van der Waals surface area contributed by atoms with Crippen LogP contribution >= 0.6 is 0 Å². The highest BCUT2D eigenvalue weighted by Gasteiger charge is 2.24. The number of benzene rings is 11. The van der Waals surface area contributed by atoms with Crippen LogP contribution in [0.2, 0.25) is 0 Å². The summed E-state index contributed by atoms with van der Waals surface area (Å²) in [5.74, 6) is 3.85. The van der Waals surface area contributed by atoms with Crippen LogP contribution in [0.25, 0.3) is 82.5 Å². The lowest BCUT2D eigenvalue weighted by molar-refractivity contribution is 0.0405. The van der Waals surface area contributed by atoms with Crippen molar-refractivity contribution in [2.24, 2.45) is 0 Å². The van der Waals surface area contributed by atoms with E-state index in [2.05, 4.69) is 205 Å². The summed E-state index contributed by atoms with van der Waals surface area (Å²) >= 11 is 0. The number of nitrogens with zero attached hydrogens (tertiary/aromatic N) is 5. The van der Waals surface area contributed by atoms with Crippen molar-refractivity contribution in [2.45, 2.75) is 20.8 Å². The third-order valence-corrected chi connectivity index (χ3v) is 18.2. The molecule has 102 heavy (non-hydrogen) atoms. The molecule has 520 valence electrons. The van der Waals surface area contributed by atoms with Gasteiger partial charge in [0.25, 0.3) is 0 Å². The maximum Gasteiger partial charge on any atom is 0.119 e. The van der Waals surface area contributed by atoms with E-state index in [0.717, 1.165) is 145 Å². The quantitative estimate of drug-likeness (QED) is 0.0351. The molecule has 14 aromatic rings. The number of rotatable bonds is 35. The fraction of sp³-hybridized carbons (Fsp3) is 0.233. The van der Waals surface area contributed by atoms with E-state index in [9.17, 15) is 0 Å². The smallest absolute Gasteiger partial charge is 0.119 e. The van der Waals surface area contributed by atoms with Gasteiger partial charge in [-0.05, 0) is 227 Å². The maximum atomic E-state index is 6.22. The summed E-state index contributed by atoms with van der Waals surface area (Å²) in [6.45, 7) is 13.9. The van der Waals surface area contributed by atoms with Crippen LogP contribution < -0.4 is 33.5 Å². The molecule has 16 nitrogen and oxygen atoms in total. The van der Waals surface area contributed by atoms with Gasteiger partial charge in [0.15, 0.2) is 0 Å². The van der Waals surface area contributed by atoms with Crippen molar-refractivity contribution in [3.63, 3.8) is 0 Å². The second kappa shape index (κ2) is 32.7. The van der Waals surface area contributed by atoms with Gasteiger partial charge in [0, 0.05) is 103 Å². The summed E-state index contributed by atoms with van der Waals surface area (Å²) in [4.78, 5) is 4.69. The first-order chi connectivity index (χ1) is 50.4. The minimum atomic E-state index is 0.417. The van der Waals surface area contributed by atoms with Gasteiger partial charge in [0.05, 0.1) is 107 Å². The molecule has 16 heteroatoms. The third kappa shape index (κ3) is 14.8. The molecule has 0 fully saturated rings. The Labute approximate surface area is 594 Å². The van der Waals surface area contributed by atoms with Gasteiger partial charge in [-0.25, -0.2) is 0 Å². The Morgan fingerprint density at radius 3 is 0.784 bits per heavy atom. The van der Waals surface area contributed by atoms with E-state index in [1.165, 1.54) is 0 Å². The molecule has 0 radical (unpaired) electrons. The zero-order valence-corrected chi connectivity index (χ0v) is 58.4. The fourth-order valence-corrected chi connectivity index (χ4v) is 13.5. The van der Waals surface area contributed by atoms with E-state index in [1.807, 2.05) is 81.4 Å². The first kappa shape index (κ1) is 68.3. The Hall–Kier alpha value is -10.8. The molecule has 3 heterocycles. The molecule has 0 saturated heterocycles. The number of ether oxygens (including phenoxy) is 11. The van der Waals surface area contributed by atoms with Crippen LogP contribution in [0.5, 0.6) is 28.7 Å². The van der Waals surface area contributed by atoms with Crippen LogP contribution in [-0.2, 0) is 28.4 Å². The number of aromatic nitrogens is 3. The summed E-state index contributed by atoms with van der Waals surface area (Å²) in [7, 11) is 3.39. The summed E-state index contributed by atoms with van der Waals surface area (Å²) < 4.78 is 70.5. The van der Waals surface area contributed by atoms with Crippen molar-refractivity contribution in [3.8, 4) is 45.8 Å². The molecule has 14 rings (SSSR count). The van der Waals surface area contributed by atoms with Gasteiger partial charge in [0.1, 0.15) is 48.6 Å². The highest BCUT2D eigenvalue weighted by molar-refractivity contribution is 6.15. The minimum Gasteiger partial charge on any atom is -0.497 e. The largest absolute Gasteiger partial charge is 0.497 e. The van der Waals surface area contributed by atoms with E-state index in [1.54, 1.807) is 14.2 Å². The van der Waals surface area contributed by atoms with Gasteiger partial charge in [-0.15, -0.1) is 0 Å². The molecule has 0 N–H and O–H groups in total. The normalized spacial score (nSPS) is 11.6. The van der Waals surface area contributed by atoms with E-state index < -0.39 is 0 Å². The highest BCUT2D eigenvalue weighted by Crippen LogP contribution is 2.46. The molecule has 11 aromatic carbocycles. The lowest BCUT2D eigenvalue weighted by Gasteiger charge is -2.26. The van der Waals surface area contributed by atoms with E-state index >= 15 is 0 Å². The lowest BCUT2D eigenvalue weighted by Crippen LogP contribution is -2.10. The SMILES string of the molecule is CCOCCOCCOc1ccc(-n2c3ccccc3c3cc(N(c4ccc5c(c4)c4ccccc4n5-c4ccc(OCCOCCOCC)cc4)c4ccc5c(c4)c4cc(N(c6ccc(OC)cc6)c6ccc(OC)cc6)ccc4n5-c4ccc(OCCOCCOCC)cc4)ccc32)cc1. The van der Waals surface area contributed by atoms with Crippen LogP contribution in [0.4, 0.5) is 34.1 Å². The molecule has 0 aliphatic heterocycles.